The fraction of sp³-hybridized carbons (Fsp3) is 0.538. The SMILES string of the molecule is CNC(c1cc(Cl)c(Br)cc1F)C(C)C1CC1. The summed E-state index contributed by atoms with van der Waals surface area (Å²) >= 11 is 9.28. The third kappa shape index (κ3) is 2.83. The van der Waals surface area contributed by atoms with E-state index in [1.54, 1.807) is 6.07 Å². The topological polar surface area (TPSA) is 12.0 Å². The zero-order valence-electron chi connectivity index (χ0n) is 9.93. The standard InChI is InChI=1S/C13H16BrClFN/c1-7(8-3-4-8)13(17-2)9-5-11(15)10(14)6-12(9)16/h5-8,13,17H,3-4H2,1-2H3. The summed E-state index contributed by atoms with van der Waals surface area (Å²) in [6.07, 6.45) is 2.51. The van der Waals surface area contributed by atoms with E-state index >= 15 is 0 Å². The molecule has 0 bridgehead atoms. The molecule has 2 unspecified atom stereocenters. The van der Waals surface area contributed by atoms with Gasteiger partial charge in [0.15, 0.2) is 0 Å². The average molecular weight is 321 g/mol. The van der Waals surface area contributed by atoms with E-state index in [0.717, 1.165) is 0 Å². The molecule has 1 aromatic carbocycles. The molecule has 4 heteroatoms. The smallest absolute Gasteiger partial charge is 0.129 e. The molecule has 1 aliphatic carbocycles. The molecule has 1 fully saturated rings. The highest BCUT2D eigenvalue weighted by atomic mass is 79.9. The summed E-state index contributed by atoms with van der Waals surface area (Å²) in [6, 6.07) is 3.20. The zero-order valence-corrected chi connectivity index (χ0v) is 12.3. The Bertz CT molecular complexity index is 420. The van der Waals surface area contributed by atoms with E-state index in [1.807, 2.05) is 7.05 Å². The Labute approximate surface area is 115 Å². The largest absolute Gasteiger partial charge is 0.313 e. The Kier molecular flexibility index (Phi) is 4.11. The van der Waals surface area contributed by atoms with Gasteiger partial charge in [-0.25, -0.2) is 4.39 Å². The molecular weight excluding hydrogens is 305 g/mol. The first-order valence-corrected chi connectivity index (χ1v) is 7.03. The molecular formula is C13H16BrClFN. The molecule has 2 rings (SSSR count). The van der Waals surface area contributed by atoms with Crippen LogP contribution in [-0.4, -0.2) is 7.05 Å². The first-order valence-electron chi connectivity index (χ1n) is 5.86. The highest BCUT2D eigenvalue weighted by Crippen LogP contribution is 2.43. The normalized spacial score (nSPS) is 19.1. The quantitative estimate of drug-likeness (QED) is 0.803. The van der Waals surface area contributed by atoms with Gasteiger partial charge in [0.2, 0.25) is 0 Å². The molecule has 0 amide bonds. The van der Waals surface area contributed by atoms with Crippen LogP contribution in [-0.2, 0) is 0 Å². The highest BCUT2D eigenvalue weighted by molar-refractivity contribution is 9.10. The van der Waals surface area contributed by atoms with Gasteiger partial charge in [-0.1, -0.05) is 18.5 Å². The molecule has 1 N–H and O–H groups in total. The van der Waals surface area contributed by atoms with E-state index in [9.17, 15) is 4.39 Å². The van der Waals surface area contributed by atoms with Crippen molar-refractivity contribution in [1.29, 1.82) is 0 Å². The van der Waals surface area contributed by atoms with Crippen molar-refractivity contribution in [2.45, 2.75) is 25.8 Å². The van der Waals surface area contributed by atoms with Crippen LogP contribution in [0.4, 0.5) is 4.39 Å². The summed E-state index contributed by atoms with van der Waals surface area (Å²) in [5.74, 6) is 0.953. The van der Waals surface area contributed by atoms with Gasteiger partial charge in [-0.15, -0.1) is 0 Å². The maximum Gasteiger partial charge on any atom is 0.129 e. The van der Waals surface area contributed by atoms with Crippen LogP contribution >= 0.6 is 27.5 Å². The number of hydrogen-bond donors (Lipinski definition) is 1. The fourth-order valence-corrected chi connectivity index (χ4v) is 2.86. The van der Waals surface area contributed by atoms with Gasteiger partial charge < -0.3 is 5.32 Å². The van der Waals surface area contributed by atoms with Crippen LogP contribution in [0.1, 0.15) is 31.4 Å². The van der Waals surface area contributed by atoms with E-state index in [4.69, 9.17) is 11.6 Å². The van der Waals surface area contributed by atoms with Crippen molar-refractivity contribution >= 4 is 27.5 Å². The zero-order chi connectivity index (χ0) is 12.6. The van der Waals surface area contributed by atoms with E-state index < -0.39 is 0 Å². The second kappa shape index (κ2) is 5.25. The van der Waals surface area contributed by atoms with Crippen LogP contribution in [0.5, 0.6) is 0 Å². The Morgan fingerprint density at radius 2 is 2.12 bits per heavy atom. The first kappa shape index (κ1) is 13.3. The molecule has 0 heterocycles. The van der Waals surface area contributed by atoms with E-state index in [0.29, 0.717) is 26.9 Å². The van der Waals surface area contributed by atoms with Gasteiger partial charge in [-0.2, -0.15) is 0 Å². The monoisotopic (exact) mass is 319 g/mol. The van der Waals surface area contributed by atoms with E-state index in [2.05, 4.69) is 28.2 Å². The Balaban J connectivity index is 2.32. The lowest BCUT2D eigenvalue weighted by Crippen LogP contribution is -2.25. The Morgan fingerprint density at radius 3 is 2.65 bits per heavy atom. The average Bonchev–Trinajstić information content (AvgIpc) is 3.09. The fourth-order valence-electron chi connectivity index (χ4n) is 2.37. The minimum Gasteiger partial charge on any atom is -0.313 e. The minimum absolute atomic E-state index is 0.0353. The van der Waals surface area contributed by atoms with Crippen molar-refractivity contribution in [3.05, 3.63) is 33.0 Å². The maximum absolute atomic E-state index is 14.0. The van der Waals surface area contributed by atoms with Crippen molar-refractivity contribution < 1.29 is 4.39 Å². The molecule has 1 aliphatic rings. The molecule has 94 valence electrons. The molecule has 1 saturated carbocycles. The molecule has 1 nitrogen and oxygen atoms in total. The molecule has 0 radical (unpaired) electrons. The van der Waals surface area contributed by atoms with Crippen molar-refractivity contribution in [3.63, 3.8) is 0 Å². The van der Waals surface area contributed by atoms with Gasteiger partial charge in [-0.05, 0) is 59.8 Å². The number of halogens is 3. The molecule has 0 spiro atoms. The van der Waals surface area contributed by atoms with Crippen LogP contribution in [0.2, 0.25) is 5.02 Å². The van der Waals surface area contributed by atoms with E-state index in [-0.39, 0.29) is 11.9 Å². The lowest BCUT2D eigenvalue weighted by molar-refractivity contribution is 0.358. The molecule has 0 saturated heterocycles. The number of rotatable bonds is 4. The summed E-state index contributed by atoms with van der Waals surface area (Å²) in [5, 5.41) is 3.77. The summed E-state index contributed by atoms with van der Waals surface area (Å²) in [7, 11) is 1.87. The van der Waals surface area contributed by atoms with Gasteiger partial charge in [0, 0.05) is 16.1 Å². The predicted octanol–water partition coefficient (Wildman–Crippen LogP) is 4.55. The Hall–Kier alpha value is -0.120. The predicted molar refractivity (Wildman–Crippen MR) is 72.8 cm³/mol. The molecule has 1 aromatic rings. The second-order valence-electron chi connectivity index (χ2n) is 4.75. The number of nitrogens with one attached hydrogen (secondary N) is 1. The highest BCUT2D eigenvalue weighted by Gasteiger charge is 2.34. The number of hydrogen-bond acceptors (Lipinski definition) is 1. The summed E-state index contributed by atoms with van der Waals surface area (Å²) in [5.41, 5.74) is 0.667. The third-order valence-electron chi connectivity index (χ3n) is 3.58. The number of benzene rings is 1. The second-order valence-corrected chi connectivity index (χ2v) is 6.01. The summed E-state index contributed by atoms with van der Waals surface area (Å²) in [4.78, 5) is 0. The van der Waals surface area contributed by atoms with Crippen LogP contribution < -0.4 is 5.32 Å². The summed E-state index contributed by atoms with van der Waals surface area (Å²) in [6.45, 7) is 2.17. The van der Waals surface area contributed by atoms with Gasteiger partial charge in [0.1, 0.15) is 5.82 Å². The molecule has 0 aromatic heterocycles. The van der Waals surface area contributed by atoms with Crippen molar-refractivity contribution in [2.75, 3.05) is 7.05 Å². The first-order chi connectivity index (χ1) is 8.04. The van der Waals surface area contributed by atoms with Crippen LogP contribution in [0.25, 0.3) is 0 Å². The van der Waals surface area contributed by atoms with Gasteiger partial charge >= 0.3 is 0 Å². The lowest BCUT2D eigenvalue weighted by atomic mass is 9.90. The van der Waals surface area contributed by atoms with E-state index in [1.165, 1.54) is 18.9 Å². The lowest BCUT2D eigenvalue weighted by Gasteiger charge is -2.24. The third-order valence-corrected chi connectivity index (χ3v) is 4.77. The van der Waals surface area contributed by atoms with Crippen molar-refractivity contribution in [1.82, 2.24) is 5.32 Å². The van der Waals surface area contributed by atoms with Crippen LogP contribution in [0, 0.1) is 17.7 Å². The maximum atomic E-state index is 14.0. The molecule has 17 heavy (non-hydrogen) atoms. The molecule has 2 atom stereocenters. The van der Waals surface area contributed by atoms with Crippen molar-refractivity contribution in [3.8, 4) is 0 Å². The van der Waals surface area contributed by atoms with Crippen LogP contribution in [0.15, 0.2) is 16.6 Å². The minimum atomic E-state index is -0.201. The molecule has 0 aliphatic heterocycles. The van der Waals surface area contributed by atoms with Gasteiger partial charge in [-0.3, -0.25) is 0 Å². The van der Waals surface area contributed by atoms with Gasteiger partial charge in [0.25, 0.3) is 0 Å². The van der Waals surface area contributed by atoms with Crippen LogP contribution in [0.3, 0.4) is 0 Å². The Morgan fingerprint density at radius 1 is 1.47 bits per heavy atom. The summed E-state index contributed by atoms with van der Waals surface area (Å²) < 4.78 is 14.6. The van der Waals surface area contributed by atoms with Crippen molar-refractivity contribution in [2.24, 2.45) is 11.8 Å². The van der Waals surface area contributed by atoms with Gasteiger partial charge in [0.05, 0.1) is 5.02 Å².